The van der Waals surface area contributed by atoms with Crippen LogP contribution in [0.4, 0.5) is 0 Å². The van der Waals surface area contributed by atoms with Crippen LogP contribution in [-0.4, -0.2) is 34.6 Å². The highest BCUT2D eigenvalue weighted by molar-refractivity contribution is 5.89. The van der Waals surface area contributed by atoms with Gasteiger partial charge in [-0.15, -0.1) is 0 Å². The van der Waals surface area contributed by atoms with Gasteiger partial charge in [-0.25, -0.2) is 10.2 Å². The summed E-state index contributed by atoms with van der Waals surface area (Å²) in [4.78, 5) is 25.0. The van der Waals surface area contributed by atoms with Crippen molar-refractivity contribution in [1.29, 1.82) is 0 Å². The van der Waals surface area contributed by atoms with Crippen molar-refractivity contribution in [3.8, 4) is 0 Å². The van der Waals surface area contributed by atoms with Crippen LogP contribution in [0.15, 0.2) is 41.5 Å². The Morgan fingerprint density at radius 1 is 1.12 bits per heavy atom. The molecule has 0 bridgehead atoms. The molecule has 134 valence electrons. The Morgan fingerprint density at radius 2 is 1.69 bits per heavy atom. The van der Waals surface area contributed by atoms with Crippen LogP contribution < -0.4 is 5.43 Å². The normalized spacial score (nSPS) is 13.8. The molecular weight excluding hydrogens is 330 g/mol. The van der Waals surface area contributed by atoms with Crippen LogP contribution >= 0.6 is 0 Å². The summed E-state index contributed by atoms with van der Waals surface area (Å²) in [6.45, 7) is 6.02. The van der Waals surface area contributed by atoms with Crippen molar-refractivity contribution in [2.75, 3.05) is 6.54 Å². The number of fused-ring (bicyclic) bond motifs is 1. The maximum absolute atomic E-state index is 12.1. The molecule has 0 radical (unpaired) electrons. The topological polar surface area (TPSA) is 82.0 Å². The second kappa shape index (κ2) is 7.49. The van der Waals surface area contributed by atoms with Gasteiger partial charge in [0, 0.05) is 13.1 Å². The molecule has 1 aliphatic rings. The molecule has 3 rings (SSSR count). The highest BCUT2D eigenvalue weighted by Crippen LogP contribution is 2.25. The first-order valence-corrected chi connectivity index (χ1v) is 8.39. The van der Waals surface area contributed by atoms with Gasteiger partial charge < -0.3 is 5.11 Å². The Bertz CT molecular complexity index is 842. The van der Waals surface area contributed by atoms with Crippen molar-refractivity contribution in [3.63, 3.8) is 0 Å². The Hall–Kier alpha value is -2.99. The lowest BCUT2D eigenvalue weighted by molar-refractivity contribution is -0.122. The van der Waals surface area contributed by atoms with Gasteiger partial charge in [-0.3, -0.25) is 9.69 Å². The molecule has 0 spiro atoms. The van der Waals surface area contributed by atoms with Gasteiger partial charge in [0.05, 0.1) is 18.3 Å². The number of aromatic carboxylic acids is 1. The van der Waals surface area contributed by atoms with Crippen LogP contribution in [0, 0.1) is 13.8 Å². The van der Waals surface area contributed by atoms with Gasteiger partial charge in [0.25, 0.3) is 5.91 Å². The minimum atomic E-state index is -0.973. The van der Waals surface area contributed by atoms with Crippen LogP contribution in [0.3, 0.4) is 0 Å². The number of aryl methyl sites for hydroxylation is 2. The molecule has 1 heterocycles. The third kappa shape index (κ3) is 4.15. The van der Waals surface area contributed by atoms with Crippen molar-refractivity contribution in [1.82, 2.24) is 10.3 Å². The van der Waals surface area contributed by atoms with Gasteiger partial charge in [-0.1, -0.05) is 24.3 Å². The summed E-state index contributed by atoms with van der Waals surface area (Å²) in [7, 11) is 0. The van der Waals surface area contributed by atoms with Crippen molar-refractivity contribution in [2.45, 2.75) is 26.9 Å². The molecule has 0 saturated carbocycles. The SMILES string of the molecule is Cc1cc2c(cc1C)CN(CC(=O)N/N=C\c1ccc(C(=O)O)cc1)C2. The van der Waals surface area contributed by atoms with Crippen LogP contribution in [0.5, 0.6) is 0 Å². The smallest absolute Gasteiger partial charge is 0.335 e. The Balaban J connectivity index is 1.51. The van der Waals surface area contributed by atoms with E-state index in [0.717, 1.165) is 18.7 Å². The minimum Gasteiger partial charge on any atom is -0.478 e. The summed E-state index contributed by atoms with van der Waals surface area (Å²) < 4.78 is 0. The fourth-order valence-corrected chi connectivity index (χ4v) is 3.01. The molecule has 0 aliphatic carbocycles. The van der Waals surface area contributed by atoms with Crippen LogP contribution in [0.2, 0.25) is 0 Å². The number of carbonyl (C=O) groups is 2. The van der Waals surface area contributed by atoms with Gasteiger partial charge in [0.1, 0.15) is 0 Å². The van der Waals surface area contributed by atoms with E-state index >= 15 is 0 Å². The van der Waals surface area contributed by atoms with E-state index < -0.39 is 5.97 Å². The van der Waals surface area contributed by atoms with Crippen molar-refractivity contribution < 1.29 is 14.7 Å². The number of benzene rings is 2. The number of carbonyl (C=O) groups excluding carboxylic acids is 1. The van der Waals surface area contributed by atoms with Gasteiger partial charge in [0.2, 0.25) is 0 Å². The summed E-state index contributed by atoms with van der Waals surface area (Å²) in [5, 5.41) is 12.8. The fraction of sp³-hybridized carbons (Fsp3) is 0.250. The molecule has 6 heteroatoms. The van der Waals surface area contributed by atoms with Crippen molar-refractivity contribution in [2.24, 2.45) is 5.10 Å². The maximum Gasteiger partial charge on any atom is 0.335 e. The van der Waals surface area contributed by atoms with E-state index in [9.17, 15) is 9.59 Å². The number of carboxylic acids is 1. The average molecular weight is 351 g/mol. The van der Waals surface area contributed by atoms with Gasteiger partial charge in [-0.2, -0.15) is 5.10 Å². The highest BCUT2D eigenvalue weighted by Gasteiger charge is 2.21. The van der Waals surface area contributed by atoms with Gasteiger partial charge >= 0.3 is 5.97 Å². The first-order chi connectivity index (χ1) is 12.4. The van der Waals surface area contributed by atoms with Crippen molar-refractivity contribution >= 4 is 18.1 Å². The van der Waals surface area contributed by atoms with E-state index in [2.05, 4.69) is 41.4 Å². The maximum atomic E-state index is 12.1. The first-order valence-electron chi connectivity index (χ1n) is 8.39. The Kier molecular flexibility index (Phi) is 5.14. The van der Waals surface area contributed by atoms with E-state index in [-0.39, 0.29) is 18.0 Å². The second-order valence-electron chi connectivity index (χ2n) is 6.57. The lowest BCUT2D eigenvalue weighted by Crippen LogP contribution is -2.32. The summed E-state index contributed by atoms with van der Waals surface area (Å²) >= 11 is 0. The summed E-state index contributed by atoms with van der Waals surface area (Å²) in [5.41, 5.74) is 8.55. The number of nitrogens with one attached hydrogen (secondary N) is 1. The predicted octanol–water partition coefficient (Wildman–Crippen LogP) is 2.47. The molecule has 0 aromatic heterocycles. The van der Waals surface area contributed by atoms with E-state index in [1.54, 1.807) is 12.1 Å². The van der Waals surface area contributed by atoms with Crippen LogP contribution in [0.25, 0.3) is 0 Å². The molecule has 0 saturated heterocycles. The number of carboxylic acid groups (broad SMARTS) is 1. The summed E-state index contributed by atoms with van der Waals surface area (Å²) in [6.07, 6.45) is 1.50. The van der Waals surface area contributed by atoms with Gasteiger partial charge in [-0.05, 0) is 53.8 Å². The zero-order valence-corrected chi connectivity index (χ0v) is 14.8. The fourth-order valence-electron chi connectivity index (χ4n) is 3.01. The largest absolute Gasteiger partial charge is 0.478 e. The quantitative estimate of drug-likeness (QED) is 0.640. The standard InChI is InChI=1S/C20H21N3O3/c1-13-7-17-10-23(11-18(17)8-14(13)2)12-19(24)22-21-9-15-3-5-16(6-4-15)20(25)26/h3-9H,10-12H2,1-2H3,(H,22,24)(H,25,26)/b21-9-. The first kappa shape index (κ1) is 17.8. The number of hydrazone groups is 1. The molecular formula is C20H21N3O3. The lowest BCUT2D eigenvalue weighted by Gasteiger charge is -2.12. The second-order valence-corrected chi connectivity index (χ2v) is 6.57. The van der Waals surface area contributed by atoms with E-state index in [1.807, 2.05) is 0 Å². The highest BCUT2D eigenvalue weighted by atomic mass is 16.4. The molecule has 0 unspecified atom stereocenters. The number of nitrogens with zero attached hydrogens (tertiary/aromatic N) is 2. The van der Waals surface area contributed by atoms with Crippen LogP contribution in [-0.2, 0) is 17.9 Å². The van der Waals surface area contributed by atoms with E-state index in [1.165, 1.54) is 40.6 Å². The summed E-state index contributed by atoms with van der Waals surface area (Å²) in [5.74, 6) is -1.15. The molecule has 6 nitrogen and oxygen atoms in total. The molecule has 26 heavy (non-hydrogen) atoms. The number of amides is 1. The molecule has 0 fully saturated rings. The molecule has 2 aromatic carbocycles. The summed E-state index contributed by atoms with van der Waals surface area (Å²) in [6, 6.07) is 10.7. The third-order valence-corrected chi connectivity index (χ3v) is 4.53. The number of rotatable bonds is 5. The zero-order chi connectivity index (χ0) is 18.7. The van der Waals surface area contributed by atoms with Gasteiger partial charge in [0.15, 0.2) is 0 Å². The van der Waals surface area contributed by atoms with Crippen molar-refractivity contribution in [3.05, 3.63) is 69.8 Å². The minimum absolute atomic E-state index is 0.176. The monoisotopic (exact) mass is 351 g/mol. The van der Waals surface area contributed by atoms with E-state index in [0.29, 0.717) is 0 Å². The van der Waals surface area contributed by atoms with Crippen LogP contribution in [0.1, 0.15) is 38.2 Å². The molecule has 1 aliphatic heterocycles. The number of hydrogen-bond donors (Lipinski definition) is 2. The zero-order valence-electron chi connectivity index (χ0n) is 14.8. The predicted molar refractivity (Wildman–Crippen MR) is 99.2 cm³/mol. The average Bonchev–Trinajstić information content (AvgIpc) is 2.96. The lowest BCUT2D eigenvalue weighted by atomic mass is 10.0. The number of hydrogen-bond acceptors (Lipinski definition) is 4. The molecule has 2 N–H and O–H groups in total. The Morgan fingerprint density at radius 3 is 2.23 bits per heavy atom. The Labute approximate surface area is 152 Å². The third-order valence-electron chi connectivity index (χ3n) is 4.53. The molecule has 0 atom stereocenters. The molecule has 2 aromatic rings. The molecule has 1 amide bonds. The van der Waals surface area contributed by atoms with E-state index in [4.69, 9.17) is 5.11 Å².